The number of hydrogen-bond donors (Lipinski definition) is 0. The molecule has 2 heterocycles. The second-order valence-electron chi connectivity index (χ2n) is 6.14. The smallest absolute Gasteiger partial charge is 0.229 e. The van der Waals surface area contributed by atoms with Crippen LogP contribution in [0.4, 0.5) is 26.3 Å². The summed E-state index contributed by atoms with van der Waals surface area (Å²) in [6.07, 6.45) is -9.82. The molecule has 0 spiro atoms. The summed E-state index contributed by atoms with van der Waals surface area (Å²) in [6.45, 7) is 0. The zero-order valence-electron chi connectivity index (χ0n) is 15.0. The summed E-state index contributed by atoms with van der Waals surface area (Å²) < 4.78 is 79.2. The van der Waals surface area contributed by atoms with Gasteiger partial charge < -0.3 is 0 Å². The van der Waals surface area contributed by atoms with Gasteiger partial charge >= 0.3 is 12.4 Å². The summed E-state index contributed by atoms with van der Waals surface area (Å²) in [6, 6.07) is 8.76. The average molecular weight is 489 g/mol. The van der Waals surface area contributed by atoms with Crippen molar-refractivity contribution in [3.05, 3.63) is 64.5 Å². The summed E-state index contributed by atoms with van der Waals surface area (Å²) in [5.41, 5.74) is -0.558. The van der Waals surface area contributed by atoms with E-state index in [1.165, 1.54) is 28.5 Å². The predicted octanol–water partition coefficient (Wildman–Crippen LogP) is 7.52. The van der Waals surface area contributed by atoms with Crippen LogP contribution in [-0.4, -0.2) is 15.2 Å². The summed E-state index contributed by atoms with van der Waals surface area (Å²) in [4.78, 5) is 5.05. The Morgan fingerprint density at radius 3 is 2.13 bits per heavy atom. The molecule has 0 fully saturated rings. The maximum Gasteiger partial charge on any atom is 0.416 e. The van der Waals surface area contributed by atoms with Crippen LogP contribution in [0.15, 0.2) is 62.6 Å². The molecule has 0 amide bonds. The summed E-state index contributed by atoms with van der Waals surface area (Å²) in [7, 11) is 0. The SMILES string of the molecule is FC(F)(F)c1cc(-c2csc(Sc3ccccc3-c3nncs3)n2)cc(C(F)(F)F)c1. The molecular weight excluding hydrogens is 480 g/mol. The standard InChI is InChI=1S/C19H9F6N3S3/c20-18(21,22)11-5-10(6-12(7-11)19(23,24)25)14-8-29-17(27-14)31-15-4-2-1-3-13(15)16-28-26-9-30-16/h1-9H. The molecule has 2 aromatic carbocycles. The quantitative estimate of drug-likeness (QED) is 0.278. The van der Waals surface area contributed by atoms with Crippen molar-refractivity contribution in [3.63, 3.8) is 0 Å². The van der Waals surface area contributed by atoms with Gasteiger partial charge in [0, 0.05) is 21.4 Å². The van der Waals surface area contributed by atoms with Crippen LogP contribution in [0.5, 0.6) is 0 Å². The topological polar surface area (TPSA) is 38.7 Å². The molecule has 0 bridgehead atoms. The van der Waals surface area contributed by atoms with Gasteiger partial charge in [-0.2, -0.15) is 26.3 Å². The van der Waals surface area contributed by atoms with Crippen LogP contribution in [0.25, 0.3) is 21.8 Å². The minimum atomic E-state index is -4.91. The molecule has 0 radical (unpaired) electrons. The van der Waals surface area contributed by atoms with Crippen molar-refractivity contribution in [1.82, 2.24) is 15.2 Å². The van der Waals surface area contributed by atoms with Crippen molar-refractivity contribution in [3.8, 4) is 21.8 Å². The van der Waals surface area contributed by atoms with Gasteiger partial charge in [-0.15, -0.1) is 21.5 Å². The molecule has 0 N–H and O–H groups in total. The first-order valence-corrected chi connectivity index (χ1v) is 11.0. The lowest BCUT2D eigenvalue weighted by Gasteiger charge is -2.13. The molecule has 0 aliphatic carbocycles. The number of benzene rings is 2. The Hall–Kier alpha value is -2.44. The van der Waals surface area contributed by atoms with E-state index in [-0.39, 0.29) is 17.3 Å². The molecule has 3 nitrogen and oxygen atoms in total. The Labute approximate surface area is 183 Å². The molecule has 4 aromatic rings. The third kappa shape index (κ3) is 4.91. The van der Waals surface area contributed by atoms with Crippen molar-refractivity contribution < 1.29 is 26.3 Å². The second kappa shape index (κ2) is 8.24. The molecule has 0 unspecified atom stereocenters. The Kier molecular flexibility index (Phi) is 5.79. The zero-order chi connectivity index (χ0) is 22.2. The first-order chi connectivity index (χ1) is 14.6. The molecular formula is C19H9F6N3S3. The van der Waals surface area contributed by atoms with E-state index in [0.717, 1.165) is 21.8 Å². The summed E-state index contributed by atoms with van der Waals surface area (Å²) in [5, 5.41) is 9.96. The first-order valence-electron chi connectivity index (χ1n) is 8.40. The Bertz CT molecular complexity index is 1170. The molecule has 0 saturated carbocycles. The lowest BCUT2D eigenvalue weighted by atomic mass is 10.0. The zero-order valence-corrected chi connectivity index (χ0v) is 17.5. The van der Waals surface area contributed by atoms with E-state index in [4.69, 9.17) is 0 Å². The molecule has 0 atom stereocenters. The van der Waals surface area contributed by atoms with E-state index < -0.39 is 23.5 Å². The minimum absolute atomic E-state index is 0.0393. The van der Waals surface area contributed by atoms with Crippen LogP contribution in [0.1, 0.15) is 11.1 Å². The van der Waals surface area contributed by atoms with Crippen LogP contribution in [0.3, 0.4) is 0 Å². The third-order valence-corrected chi connectivity index (χ3v) is 6.78. The molecule has 4 rings (SSSR count). The van der Waals surface area contributed by atoms with E-state index in [0.29, 0.717) is 21.5 Å². The highest BCUT2D eigenvalue weighted by Crippen LogP contribution is 2.41. The molecule has 0 saturated heterocycles. The van der Waals surface area contributed by atoms with Crippen LogP contribution in [0, 0.1) is 0 Å². The van der Waals surface area contributed by atoms with Crippen LogP contribution < -0.4 is 0 Å². The van der Waals surface area contributed by atoms with Crippen molar-refractivity contribution in [1.29, 1.82) is 0 Å². The van der Waals surface area contributed by atoms with E-state index in [1.54, 1.807) is 5.51 Å². The highest BCUT2D eigenvalue weighted by Gasteiger charge is 2.37. The highest BCUT2D eigenvalue weighted by molar-refractivity contribution is 8.01. The Balaban J connectivity index is 1.69. The summed E-state index contributed by atoms with van der Waals surface area (Å²) in [5.74, 6) is 0. The van der Waals surface area contributed by atoms with Gasteiger partial charge in [0.1, 0.15) is 10.5 Å². The van der Waals surface area contributed by atoms with Gasteiger partial charge in [-0.25, -0.2) is 4.98 Å². The van der Waals surface area contributed by atoms with Gasteiger partial charge in [-0.1, -0.05) is 41.3 Å². The number of hydrogen-bond acceptors (Lipinski definition) is 6. The second-order valence-corrected chi connectivity index (χ2v) is 9.12. The maximum atomic E-state index is 13.1. The number of thiazole rings is 1. The van der Waals surface area contributed by atoms with Gasteiger partial charge in [-0.3, -0.25) is 0 Å². The summed E-state index contributed by atoms with van der Waals surface area (Å²) >= 11 is 3.72. The molecule has 0 aliphatic heterocycles. The normalized spacial score (nSPS) is 12.3. The first kappa shape index (κ1) is 21.8. The van der Waals surface area contributed by atoms with E-state index in [2.05, 4.69) is 15.2 Å². The molecule has 160 valence electrons. The van der Waals surface area contributed by atoms with Crippen LogP contribution >= 0.6 is 34.4 Å². The number of alkyl halides is 6. The van der Waals surface area contributed by atoms with Crippen LogP contribution in [-0.2, 0) is 12.4 Å². The third-order valence-electron chi connectivity index (χ3n) is 4.04. The monoisotopic (exact) mass is 489 g/mol. The number of nitrogens with zero attached hydrogens (tertiary/aromatic N) is 3. The van der Waals surface area contributed by atoms with E-state index in [9.17, 15) is 26.3 Å². The van der Waals surface area contributed by atoms with Gasteiger partial charge in [0.2, 0.25) is 0 Å². The van der Waals surface area contributed by atoms with Gasteiger partial charge in [0.05, 0.1) is 16.8 Å². The Morgan fingerprint density at radius 1 is 0.839 bits per heavy atom. The van der Waals surface area contributed by atoms with Gasteiger partial charge in [0.25, 0.3) is 0 Å². The van der Waals surface area contributed by atoms with Crippen LogP contribution in [0.2, 0.25) is 0 Å². The molecule has 12 heteroatoms. The predicted molar refractivity (Wildman–Crippen MR) is 107 cm³/mol. The van der Waals surface area contributed by atoms with Gasteiger partial charge in [0.15, 0.2) is 4.34 Å². The van der Waals surface area contributed by atoms with Crippen molar-refractivity contribution in [2.75, 3.05) is 0 Å². The van der Waals surface area contributed by atoms with Crippen molar-refractivity contribution >= 4 is 34.4 Å². The highest BCUT2D eigenvalue weighted by atomic mass is 32.2. The van der Waals surface area contributed by atoms with E-state index >= 15 is 0 Å². The number of rotatable bonds is 4. The number of aromatic nitrogens is 3. The van der Waals surface area contributed by atoms with Crippen molar-refractivity contribution in [2.45, 2.75) is 21.6 Å². The fourth-order valence-corrected chi connectivity index (χ4v) is 5.23. The molecule has 2 aromatic heterocycles. The molecule has 31 heavy (non-hydrogen) atoms. The Morgan fingerprint density at radius 2 is 1.52 bits per heavy atom. The van der Waals surface area contributed by atoms with Gasteiger partial charge in [-0.05, 0) is 24.3 Å². The largest absolute Gasteiger partial charge is 0.416 e. The van der Waals surface area contributed by atoms with Crippen molar-refractivity contribution in [2.24, 2.45) is 0 Å². The average Bonchev–Trinajstić information content (AvgIpc) is 3.39. The lowest BCUT2D eigenvalue weighted by molar-refractivity contribution is -0.143. The fraction of sp³-hybridized carbons (Fsp3) is 0.105. The molecule has 0 aliphatic rings. The minimum Gasteiger partial charge on any atom is -0.229 e. The number of halogens is 6. The lowest BCUT2D eigenvalue weighted by Crippen LogP contribution is -2.11. The fourth-order valence-electron chi connectivity index (χ4n) is 2.66. The maximum absolute atomic E-state index is 13.1. The van der Waals surface area contributed by atoms with E-state index in [1.807, 2.05) is 24.3 Å².